The Morgan fingerprint density at radius 2 is 2.00 bits per heavy atom. The second-order valence-corrected chi connectivity index (χ2v) is 6.13. The smallest absolute Gasteiger partial charge is 0.263 e. The van der Waals surface area contributed by atoms with Gasteiger partial charge in [0.2, 0.25) is 0 Å². The van der Waals surface area contributed by atoms with E-state index in [2.05, 4.69) is 22.2 Å². The van der Waals surface area contributed by atoms with Crippen molar-refractivity contribution in [3.8, 4) is 5.13 Å². The first-order valence-electron chi connectivity index (χ1n) is 7.58. The minimum Gasteiger partial charge on any atom is -0.347 e. The van der Waals surface area contributed by atoms with E-state index in [-0.39, 0.29) is 5.91 Å². The first-order valence-corrected chi connectivity index (χ1v) is 8.39. The van der Waals surface area contributed by atoms with E-state index < -0.39 is 0 Å². The molecule has 3 heterocycles. The van der Waals surface area contributed by atoms with Crippen LogP contribution in [-0.2, 0) is 13.0 Å². The molecule has 0 saturated heterocycles. The van der Waals surface area contributed by atoms with Crippen LogP contribution in [-0.4, -0.2) is 20.4 Å². The molecule has 3 aromatic rings. The van der Waals surface area contributed by atoms with Gasteiger partial charge in [-0.25, -0.2) is 4.98 Å². The maximum Gasteiger partial charge on any atom is 0.263 e. The fraction of sp³-hybridized carbons (Fsp3) is 0.235. The van der Waals surface area contributed by atoms with Crippen LogP contribution in [0.4, 0.5) is 0 Å². The van der Waals surface area contributed by atoms with E-state index in [4.69, 9.17) is 0 Å². The van der Waals surface area contributed by atoms with Crippen molar-refractivity contribution < 1.29 is 4.79 Å². The lowest BCUT2D eigenvalue weighted by atomic mass is 10.2. The zero-order chi connectivity index (χ0) is 16.1. The summed E-state index contributed by atoms with van der Waals surface area (Å²) in [7, 11) is 0. The summed E-state index contributed by atoms with van der Waals surface area (Å²) < 4.78 is 1.93. The number of carbonyl (C=O) groups is 1. The summed E-state index contributed by atoms with van der Waals surface area (Å²) in [6.07, 6.45) is 9.08. The highest BCUT2D eigenvalue weighted by atomic mass is 32.1. The third-order valence-electron chi connectivity index (χ3n) is 3.41. The highest BCUT2D eigenvalue weighted by Crippen LogP contribution is 2.23. The number of amides is 1. The summed E-state index contributed by atoms with van der Waals surface area (Å²) in [5.74, 6) is -0.0684. The molecule has 0 fully saturated rings. The maximum atomic E-state index is 12.5. The van der Waals surface area contributed by atoms with Crippen LogP contribution < -0.4 is 5.32 Å². The molecule has 0 unspecified atom stereocenters. The van der Waals surface area contributed by atoms with E-state index in [1.165, 1.54) is 11.3 Å². The van der Waals surface area contributed by atoms with Crippen LogP contribution in [0.2, 0.25) is 0 Å². The van der Waals surface area contributed by atoms with Gasteiger partial charge in [0, 0.05) is 31.3 Å². The molecule has 6 heteroatoms. The Bertz CT molecular complexity index is 765. The Kier molecular flexibility index (Phi) is 4.83. The van der Waals surface area contributed by atoms with Crippen LogP contribution in [0.15, 0.2) is 49.1 Å². The number of carbonyl (C=O) groups excluding carboxylic acids is 1. The third kappa shape index (κ3) is 3.65. The van der Waals surface area contributed by atoms with Gasteiger partial charge in [0.1, 0.15) is 4.88 Å². The van der Waals surface area contributed by atoms with Crippen molar-refractivity contribution in [3.63, 3.8) is 0 Å². The monoisotopic (exact) mass is 326 g/mol. The van der Waals surface area contributed by atoms with Gasteiger partial charge >= 0.3 is 0 Å². The molecule has 0 bridgehead atoms. The minimum atomic E-state index is -0.0684. The summed E-state index contributed by atoms with van der Waals surface area (Å²) in [6, 6.07) is 7.68. The molecule has 0 radical (unpaired) electrons. The number of hydrogen-bond acceptors (Lipinski definition) is 4. The van der Waals surface area contributed by atoms with Gasteiger partial charge in [-0.1, -0.05) is 24.7 Å². The molecule has 3 rings (SSSR count). The summed E-state index contributed by atoms with van der Waals surface area (Å²) in [5, 5.41) is 3.79. The van der Waals surface area contributed by atoms with Gasteiger partial charge in [0.15, 0.2) is 5.13 Å². The fourth-order valence-electron chi connectivity index (χ4n) is 2.26. The number of aryl methyl sites for hydroxylation is 1. The van der Waals surface area contributed by atoms with Crippen molar-refractivity contribution in [3.05, 3.63) is 65.2 Å². The SMILES string of the molecule is CCCc1nc(-n2cccc2)sc1C(=O)NCc1ccncc1. The predicted octanol–water partition coefficient (Wildman–Crippen LogP) is 3.21. The Morgan fingerprint density at radius 3 is 2.70 bits per heavy atom. The van der Waals surface area contributed by atoms with Gasteiger partial charge in [-0.15, -0.1) is 0 Å². The van der Waals surface area contributed by atoms with E-state index >= 15 is 0 Å². The van der Waals surface area contributed by atoms with Crippen molar-refractivity contribution in [1.82, 2.24) is 19.9 Å². The molecule has 1 N–H and O–H groups in total. The van der Waals surface area contributed by atoms with Gasteiger partial charge in [0.05, 0.1) is 5.69 Å². The van der Waals surface area contributed by atoms with Gasteiger partial charge in [0.25, 0.3) is 5.91 Å². The van der Waals surface area contributed by atoms with Gasteiger partial charge in [-0.05, 0) is 36.2 Å². The number of nitrogens with one attached hydrogen (secondary N) is 1. The molecule has 118 valence electrons. The molecular formula is C17H18N4OS. The standard InChI is InChI=1S/C17H18N4OS/c1-2-5-14-15(23-17(20-14)21-10-3-4-11-21)16(22)19-12-13-6-8-18-9-7-13/h3-4,6-11H,2,5,12H2,1H3,(H,19,22). The zero-order valence-corrected chi connectivity index (χ0v) is 13.7. The lowest BCUT2D eigenvalue weighted by molar-refractivity contribution is 0.0954. The highest BCUT2D eigenvalue weighted by Gasteiger charge is 2.18. The second-order valence-electron chi connectivity index (χ2n) is 5.15. The first-order chi connectivity index (χ1) is 11.3. The van der Waals surface area contributed by atoms with E-state index in [1.54, 1.807) is 12.4 Å². The normalized spacial score (nSPS) is 10.7. The molecule has 5 nitrogen and oxygen atoms in total. The summed E-state index contributed by atoms with van der Waals surface area (Å²) in [6.45, 7) is 2.58. The average Bonchev–Trinajstić information content (AvgIpc) is 3.23. The van der Waals surface area contributed by atoms with Gasteiger partial charge in [-0.2, -0.15) is 0 Å². The van der Waals surface area contributed by atoms with E-state index in [1.807, 2.05) is 41.2 Å². The van der Waals surface area contributed by atoms with Gasteiger partial charge < -0.3 is 9.88 Å². The third-order valence-corrected chi connectivity index (χ3v) is 4.52. The van der Waals surface area contributed by atoms with Crippen molar-refractivity contribution in [2.45, 2.75) is 26.3 Å². The Hall–Kier alpha value is -2.47. The van der Waals surface area contributed by atoms with Crippen molar-refractivity contribution in [2.24, 2.45) is 0 Å². The lowest BCUT2D eigenvalue weighted by Crippen LogP contribution is -2.23. The van der Waals surface area contributed by atoms with Crippen LogP contribution in [0.5, 0.6) is 0 Å². The summed E-state index contributed by atoms with van der Waals surface area (Å²) in [4.78, 5) is 21.8. The van der Waals surface area contributed by atoms with Crippen LogP contribution in [0.3, 0.4) is 0 Å². The lowest BCUT2D eigenvalue weighted by Gasteiger charge is -2.04. The molecule has 0 aliphatic rings. The molecule has 0 aliphatic heterocycles. The first kappa shape index (κ1) is 15.4. The molecule has 0 atom stereocenters. The topological polar surface area (TPSA) is 59.8 Å². The molecule has 0 aromatic carbocycles. The molecule has 0 spiro atoms. The minimum absolute atomic E-state index is 0.0684. The van der Waals surface area contributed by atoms with Crippen molar-refractivity contribution in [1.29, 1.82) is 0 Å². The molecule has 1 amide bonds. The molecular weight excluding hydrogens is 308 g/mol. The number of aromatic nitrogens is 3. The van der Waals surface area contributed by atoms with Gasteiger partial charge in [-0.3, -0.25) is 9.78 Å². The quantitative estimate of drug-likeness (QED) is 0.756. The van der Waals surface area contributed by atoms with Crippen LogP contribution in [0.25, 0.3) is 5.13 Å². The van der Waals surface area contributed by atoms with Crippen molar-refractivity contribution >= 4 is 17.2 Å². The Balaban J connectivity index is 1.78. The van der Waals surface area contributed by atoms with Crippen LogP contribution in [0, 0.1) is 0 Å². The number of thiazole rings is 1. The summed E-state index contributed by atoms with van der Waals surface area (Å²) >= 11 is 1.43. The number of nitrogens with zero attached hydrogens (tertiary/aromatic N) is 3. The second kappa shape index (κ2) is 7.19. The average molecular weight is 326 g/mol. The molecule has 0 saturated carbocycles. The van der Waals surface area contributed by atoms with Crippen LogP contribution >= 0.6 is 11.3 Å². The van der Waals surface area contributed by atoms with E-state index in [9.17, 15) is 4.79 Å². The van der Waals surface area contributed by atoms with Crippen LogP contribution in [0.1, 0.15) is 34.3 Å². The molecule has 3 aromatic heterocycles. The predicted molar refractivity (Wildman–Crippen MR) is 90.8 cm³/mol. The number of pyridine rings is 1. The Morgan fingerprint density at radius 1 is 1.26 bits per heavy atom. The summed E-state index contributed by atoms with van der Waals surface area (Å²) in [5.41, 5.74) is 1.90. The van der Waals surface area contributed by atoms with Crippen molar-refractivity contribution in [2.75, 3.05) is 0 Å². The maximum absolute atomic E-state index is 12.5. The molecule has 23 heavy (non-hydrogen) atoms. The number of rotatable bonds is 6. The van der Waals surface area contributed by atoms with E-state index in [0.717, 1.165) is 29.2 Å². The zero-order valence-electron chi connectivity index (χ0n) is 12.9. The largest absolute Gasteiger partial charge is 0.347 e. The highest BCUT2D eigenvalue weighted by molar-refractivity contribution is 7.16. The number of hydrogen-bond donors (Lipinski definition) is 1. The fourth-order valence-corrected chi connectivity index (χ4v) is 3.25. The molecule has 0 aliphatic carbocycles. The Labute approximate surface area is 139 Å². The van der Waals surface area contributed by atoms with E-state index in [0.29, 0.717) is 11.4 Å².